The second-order valence-corrected chi connectivity index (χ2v) is 8.50. The standard InChI is InChI=1S/C24H26F3N7O4/c1-11-18-20(33-23(29)30-11)24(26,27)19(32-21(18)34-38-8-7-13(36)10-35)14-4-3-12(25)9-15(14)17-6-5-16(28)22(31-17)37-2/h3-6,9,13,19,35-36H,7-8,10,28H2,1-2H3,(H,32,34)(H2,29,30,33)/t13?,19-/m0/s1. The third kappa shape index (κ3) is 5.18. The maximum absolute atomic E-state index is 16.1. The quantitative estimate of drug-likeness (QED) is 0.213. The van der Waals surface area contributed by atoms with Gasteiger partial charge >= 0.3 is 5.92 Å². The molecule has 1 aliphatic heterocycles. The lowest BCUT2D eigenvalue weighted by molar-refractivity contribution is -0.0393. The van der Waals surface area contributed by atoms with Crippen molar-refractivity contribution in [1.82, 2.24) is 20.4 Å². The number of anilines is 2. The number of aliphatic hydroxyl groups excluding tert-OH is 2. The van der Waals surface area contributed by atoms with Crippen LogP contribution in [0.3, 0.4) is 0 Å². The second-order valence-electron chi connectivity index (χ2n) is 8.50. The monoisotopic (exact) mass is 533 g/mol. The maximum Gasteiger partial charge on any atom is 0.316 e. The number of hydroxylamine groups is 1. The Morgan fingerprint density at radius 1 is 1.16 bits per heavy atom. The Bertz CT molecular complexity index is 1370. The minimum absolute atomic E-state index is 0.0326. The molecule has 3 heterocycles. The molecular formula is C24H26F3N7O4. The summed E-state index contributed by atoms with van der Waals surface area (Å²) in [6.45, 7) is 0.918. The molecule has 3 aromatic rings. The zero-order valence-electron chi connectivity index (χ0n) is 20.5. The highest BCUT2D eigenvalue weighted by Crippen LogP contribution is 2.49. The van der Waals surface area contributed by atoms with Gasteiger partial charge in [0.2, 0.25) is 11.8 Å². The summed E-state index contributed by atoms with van der Waals surface area (Å²) in [4.78, 5) is 21.6. The van der Waals surface area contributed by atoms with Crippen LogP contribution in [0.25, 0.3) is 11.3 Å². The molecule has 11 nitrogen and oxygen atoms in total. The highest BCUT2D eigenvalue weighted by atomic mass is 19.3. The topological polar surface area (TPSA) is 174 Å². The van der Waals surface area contributed by atoms with Crippen molar-refractivity contribution in [2.45, 2.75) is 31.4 Å². The summed E-state index contributed by atoms with van der Waals surface area (Å²) >= 11 is 0. The van der Waals surface area contributed by atoms with Crippen LogP contribution in [0.5, 0.6) is 5.88 Å². The van der Waals surface area contributed by atoms with Crippen LogP contribution in [0.2, 0.25) is 0 Å². The first-order chi connectivity index (χ1) is 18.1. The summed E-state index contributed by atoms with van der Waals surface area (Å²) in [6.07, 6.45) is -0.960. The van der Waals surface area contributed by atoms with E-state index in [1.54, 1.807) is 0 Å². The second kappa shape index (κ2) is 10.8. The van der Waals surface area contributed by atoms with E-state index in [1.807, 2.05) is 0 Å². The van der Waals surface area contributed by atoms with Crippen molar-refractivity contribution >= 4 is 17.5 Å². The van der Waals surface area contributed by atoms with Crippen LogP contribution in [0, 0.1) is 12.7 Å². The first-order valence-corrected chi connectivity index (χ1v) is 11.4. The van der Waals surface area contributed by atoms with Crippen LogP contribution in [0.15, 0.2) is 35.3 Å². The summed E-state index contributed by atoms with van der Waals surface area (Å²) in [7, 11) is 1.34. The molecule has 0 saturated carbocycles. The van der Waals surface area contributed by atoms with E-state index in [9.17, 15) is 9.50 Å². The van der Waals surface area contributed by atoms with Crippen molar-refractivity contribution in [3.05, 3.63) is 58.7 Å². The van der Waals surface area contributed by atoms with E-state index in [0.29, 0.717) is 0 Å². The summed E-state index contributed by atoms with van der Waals surface area (Å²) < 4.78 is 51.7. The first kappa shape index (κ1) is 27.0. The number of nitrogen functional groups attached to an aromatic ring is 2. The maximum atomic E-state index is 16.1. The molecule has 0 spiro atoms. The number of fused-ring (bicyclic) bond motifs is 1. The lowest BCUT2D eigenvalue weighted by atomic mass is 9.88. The van der Waals surface area contributed by atoms with Gasteiger partial charge in [0, 0.05) is 12.0 Å². The van der Waals surface area contributed by atoms with Crippen LogP contribution in [0.1, 0.15) is 35.0 Å². The smallest absolute Gasteiger partial charge is 0.316 e. The van der Waals surface area contributed by atoms with E-state index in [-0.39, 0.29) is 64.5 Å². The zero-order valence-corrected chi connectivity index (χ0v) is 20.5. The Labute approximate surface area is 215 Å². The van der Waals surface area contributed by atoms with Gasteiger partial charge in [-0.1, -0.05) is 6.07 Å². The third-order valence-electron chi connectivity index (χ3n) is 5.86. The number of aryl methyl sites for hydroxylation is 1. The van der Waals surface area contributed by atoms with E-state index in [4.69, 9.17) is 26.1 Å². The number of hydrogen-bond acceptors (Lipinski definition) is 11. The van der Waals surface area contributed by atoms with Gasteiger partial charge in [0.1, 0.15) is 17.6 Å². The minimum atomic E-state index is -3.71. The fraction of sp³-hybridized carbons (Fsp3) is 0.333. The number of aliphatic hydroxyl groups is 2. The Kier molecular flexibility index (Phi) is 7.66. The third-order valence-corrected chi connectivity index (χ3v) is 5.86. The summed E-state index contributed by atoms with van der Waals surface area (Å²) in [5.74, 6) is -4.84. The van der Waals surface area contributed by atoms with Crippen LogP contribution in [0.4, 0.5) is 24.8 Å². The molecule has 0 saturated heterocycles. The molecule has 1 unspecified atom stereocenters. The molecule has 0 radical (unpaired) electrons. The van der Waals surface area contributed by atoms with Gasteiger partial charge in [-0.2, -0.15) is 8.78 Å². The van der Waals surface area contributed by atoms with E-state index in [0.717, 1.165) is 12.1 Å². The normalized spacial score (nSPS) is 16.9. The highest BCUT2D eigenvalue weighted by molar-refractivity contribution is 6.01. The molecule has 2 aromatic heterocycles. The van der Waals surface area contributed by atoms with Gasteiger partial charge in [0.05, 0.1) is 49.1 Å². The Hall–Kier alpha value is -4.01. The van der Waals surface area contributed by atoms with Crippen molar-refractivity contribution in [3.63, 3.8) is 0 Å². The van der Waals surface area contributed by atoms with Gasteiger partial charge < -0.3 is 26.4 Å². The lowest BCUT2D eigenvalue weighted by Crippen LogP contribution is -2.39. The first-order valence-electron chi connectivity index (χ1n) is 11.4. The number of aromatic nitrogens is 3. The molecule has 0 amide bonds. The van der Waals surface area contributed by atoms with E-state index in [2.05, 4.69) is 25.4 Å². The Morgan fingerprint density at radius 2 is 1.92 bits per heavy atom. The SMILES string of the molecule is COc1nc(-c2cc(F)ccc2[C@@H]2N=C(NOCCC(O)CO)c3c(C)nc(N)nc3C2(F)F)ccc1N. The molecule has 1 aliphatic rings. The van der Waals surface area contributed by atoms with E-state index >= 15 is 8.78 Å². The number of aliphatic imine (C=N–C) groups is 1. The number of nitrogens with two attached hydrogens (primary N) is 2. The number of hydrogen-bond donors (Lipinski definition) is 5. The Balaban J connectivity index is 1.84. The fourth-order valence-corrected chi connectivity index (χ4v) is 4.02. The predicted octanol–water partition coefficient (Wildman–Crippen LogP) is 2.02. The largest absolute Gasteiger partial charge is 0.480 e. The van der Waals surface area contributed by atoms with Gasteiger partial charge in [-0.3, -0.25) is 9.83 Å². The number of nitrogens with one attached hydrogen (secondary N) is 1. The number of alkyl halides is 2. The molecule has 202 valence electrons. The fourth-order valence-electron chi connectivity index (χ4n) is 4.02. The molecular weight excluding hydrogens is 507 g/mol. The molecule has 14 heteroatoms. The molecule has 7 N–H and O–H groups in total. The number of pyridine rings is 1. The zero-order chi connectivity index (χ0) is 27.6. The molecule has 0 fully saturated rings. The number of benzene rings is 1. The van der Waals surface area contributed by atoms with Crippen LogP contribution < -0.4 is 21.7 Å². The number of rotatable bonds is 8. The molecule has 38 heavy (non-hydrogen) atoms. The Morgan fingerprint density at radius 3 is 2.63 bits per heavy atom. The molecule has 1 aromatic carbocycles. The average Bonchev–Trinajstić information content (AvgIpc) is 2.88. The summed E-state index contributed by atoms with van der Waals surface area (Å²) in [5, 5.41) is 18.5. The van der Waals surface area contributed by atoms with Crippen molar-refractivity contribution in [2.75, 3.05) is 31.8 Å². The number of methoxy groups -OCH3 is 1. The van der Waals surface area contributed by atoms with E-state index < -0.39 is 36.2 Å². The minimum Gasteiger partial charge on any atom is -0.480 e. The summed E-state index contributed by atoms with van der Waals surface area (Å²) in [5.41, 5.74) is 13.7. The van der Waals surface area contributed by atoms with Gasteiger partial charge in [-0.15, -0.1) is 0 Å². The number of ether oxygens (including phenoxy) is 1. The van der Waals surface area contributed by atoms with Crippen LogP contribution in [-0.2, 0) is 10.8 Å². The summed E-state index contributed by atoms with van der Waals surface area (Å²) in [6, 6.07) is 4.30. The van der Waals surface area contributed by atoms with Crippen molar-refractivity contribution in [2.24, 2.45) is 4.99 Å². The van der Waals surface area contributed by atoms with Crippen molar-refractivity contribution in [1.29, 1.82) is 0 Å². The number of halogens is 3. The van der Waals surface area contributed by atoms with Crippen molar-refractivity contribution in [3.8, 4) is 17.1 Å². The predicted molar refractivity (Wildman–Crippen MR) is 132 cm³/mol. The number of amidine groups is 1. The van der Waals surface area contributed by atoms with E-state index in [1.165, 1.54) is 32.2 Å². The van der Waals surface area contributed by atoms with Gasteiger partial charge in [0.15, 0.2) is 5.84 Å². The number of nitrogens with zero attached hydrogens (tertiary/aromatic N) is 4. The van der Waals surface area contributed by atoms with Gasteiger partial charge in [-0.25, -0.2) is 24.8 Å². The van der Waals surface area contributed by atoms with Gasteiger partial charge in [-0.05, 0) is 36.8 Å². The lowest BCUT2D eigenvalue weighted by Gasteiger charge is -2.32. The highest BCUT2D eigenvalue weighted by Gasteiger charge is 2.51. The van der Waals surface area contributed by atoms with Crippen molar-refractivity contribution < 1.29 is 33.0 Å². The molecule has 0 bridgehead atoms. The average molecular weight is 534 g/mol. The van der Waals surface area contributed by atoms with Gasteiger partial charge in [0.25, 0.3) is 0 Å². The molecule has 4 rings (SSSR count). The van der Waals surface area contributed by atoms with Crippen LogP contribution in [-0.4, -0.2) is 57.4 Å². The molecule has 0 aliphatic carbocycles. The van der Waals surface area contributed by atoms with Crippen LogP contribution >= 0.6 is 0 Å². The molecule has 2 atom stereocenters.